The second-order valence-corrected chi connectivity index (χ2v) is 6.63. The molecule has 1 atom stereocenters. The quantitative estimate of drug-likeness (QED) is 0.853. The van der Waals surface area contributed by atoms with Crippen molar-refractivity contribution in [2.75, 3.05) is 19.6 Å². The summed E-state index contributed by atoms with van der Waals surface area (Å²) in [4.78, 5) is 18.0. The fourth-order valence-electron chi connectivity index (χ4n) is 3.31. The standard InChI is InChI=1S/C17H28N2O/c1-12(2)15-6-5-8-19(9-7-15)11-17(20)16-10-13(3)18-14(16)4/h10,12,15,18H,5-9,11H2,1-4H3. The van der Waals surface area contributed by atoms with Crippen molar-refractivity contribution < 1.29 is 4.79 Å². The fourth-order valence-corrected chi connectivity index (χ4v) is 3.31. The van der Waals surface area contributed by atoms with Gasteiger partial charge < -0.3 is 4.98 Å². The van der Waals surface area contributed by atoms with E-state index in [-0.39, 0.29) is 5.78 Å². The maximum absolute atomic E-state index is 12.4. The minimum Gasteiger partial charge on any atom is -0.362 e. The van der Waals surface area contributed by atoms with E-state index in [2.05, 4.69) is 23.7 Å². The first kappa shape index (κ1) is 15.3. The molecule has 1 aromatic rings. The van der Waals surface area contributed by atoms with E-state index in [4.69, 9.17) is 0 Å². The van der Waals surface area contributed by atoms with Crippen molar-refractivity contribution in [2.45, 2.75) is 47.0 Å². The van der Waals surface area contributed by atoms with Crippen LogP contribution in [0, 0.1) is 25.7 Å². The number of carbonyl (C=O) groups excluding carboxylic acids is 1. The van der Waals surface area contributed by atoms with Crippen molar-refractivity contribution in [3.63, 3.8) is 0 Å². The first-order valence-electron chi connectivity index (χ1n) is 7.89. The first-order chi connectivity index (χ1) is 9.47. The molecule has 0 spiro atoms. The third-order valence-electron chi connectivity index (χ3n) is 4.63. The summed E-state index contributed by atoms with van der Waals surface area (Å²) < 4.78 is 0. The van der Waals surface area contributed by atoms with Crippen molar-refractivity contribution in [2.24, 2.45) is 11.8 Å². The Morgan fingerprint density at radius 3 is 2.70 bits per heavy atom. The fraction of sp³-hybridized carbons (Fsp3) is 0.706. The molecule has 1 aromatic heterocycles. The Morgan fingerprint density at radius 2 is 2.10 bits per heavy atom. The zero-order chi connectivity index (χ0) is 14.7. The molecule has 0 aliphatic carbocycles. The largest absolute Gasteiger partial charge is 0.362 e. The van der Waals surface area contributed by atoms with E-state index in [0.717, 1.165) is 41.9 Å². The molecule has 0 radical (unpaired) electrons. The van der Waals surface area contributed by atoms with E-state index in [1.54, 1.807) is 0 Å². The summed E-state index contributed by atoms with van der Waals surface area (Å²) in [5.74, 6) is 1.85. The number of aryl methyl sites for hydroxylation is 2. The van der Waals surface area contributed by atoms with Crippen molar-refractivity contribution >= 4 is 5.78 Å². The highest BCUT2D eigenvalue weighted by Crippen LogP contribution is 2.24. The number of nitrogens with one attached hydrogen (secondary N) is 1. The van der Waals surface area contributed by atoms with Crippen LogP contribution in [0.5, 0.6) is 0 Å². The molecule has 112 valence electrons. The number of nitrogens with zero attached hydrogens (tertiary/aromatic N) is 1. The van der Waals surface area contributed by atoms with Gasteiger partial charge in [0.1, 0.15) is 0 Å². The van der Waals surface area contributed by atoms with Crippen LogP contribution < -0.4 is 0 Å². The van der Waals surface area contributed by atoms with Crippen LogP contribution in [0.1, 0.15) is 54.9 Å². The molecule has 1 N–H and O–H groups in total. The summed E-state index contributed by atoms with van der Waals surface area (Å²) in [6, 6.07) is 1.98. The van der Waals surface area contributed by atoms with Crippen LogP contribution in [-0.4, -0.2) is 35.3 Å². The van der Waals surface area contributed by atoms with Crippen molar-refractivity contribution in [3.05, 3.63) is 23.0 Å². The molecule has 0 bridgehead atoms. The van der Waals surface area contributed by atoms with Crippen molar-refractivity contribution in [3.8, 4) is 0 Å². The Bertz CT molecular complexity index is 462. The molecule has 2 rings (SSSR count). The van der Waals surface area contributed by atoms with E-state index >= 15 is 0 Å². The summed E-state index contributed by atoms with van der Waals surface area (Å²) in [5, 5.41) is 0. The van der Waals surface area contributed by atoms with Crippen LogP contribution in [0.15, 0.2) is 6.07 Å². The van der Waals surface area contributed by atoms with Crippen LogP contribution in [0.3, 0.4) is 0 Å². The first-order valence-corrected chi connectivity index (χ1v) is 7.89. The molecule has 1 aliphatic heterocycles. The Kier molecular flexibility index (Phi) is 5.03. The summed E-state index contributed by atoms with van der Waals surface area (Å²) in [6.07, 6.45) is 3.77. The predicted molar refractivity (Wildman–Crippen MR) is 83.2 cm³/mol. The van der Waals surface area contributed by atoms with E-state index in [0.29, 0.717) is 6.54 Å². The third kappa shape index (κ3) is 3.72. The highest BCUT2D eigenvalue weighted by Gasteiger charge is 2.22. The summed E-state index contributed by atoms with van der Waals surface area (Å²) in [5.41, 5.74) is 2.94. The van der Waals surface area contributed by atoms with E-state index < -0.39 is 0 Å². The molecule has 2 heterocycles. The van der Waals surface area contributed by atoms with Gasteiger partial charge in [-0.15, -0.1) is 0 Å². The predicted octanol–water partition coefficient (Wildman–Crippen LogP) is 3.57. The second-order valence-electron chi connectivity index (χ2n) is 6.63. The highest BCUT2D eigenvalue weighted by atomic mass is 16.1. The Balaban J connectivity index is 1.93. The highest BCUT2D eigenvalue weighted by molar-refractivity contribution is 5.98. The Morgan fingerprint density at radius 1 is 1.35 bits per heavy atom. The number of hydrogen-bond donors (Lipinski definition) is 1. The van der Waals surface area contributed by atoms with Gasteiger partial charge in [-0.2, -0.15) is 0 Å². The Labute approximate surface area is 122 Å². The molecule has 0 amide bonds. The lowest BCUT2D eigenvalue weighted by molar-refractivity contribution is 0.0931. The number of Topliss-reactive ketones (excluding diaryl/α,β-unsaturated/α-hetero) is 1. The number of H-pyrrole nitrogens is 1. The molecule has 3 nitrogen and oxygen atoms in total. The van der Waals surface area contributed by atoms with Gasteiger partial charge in [0.15, 0.2) is 5.78 Å². The van der Waals surface area contributed by atoms with E-state index in [1.165, 1.54) is 19.3 Å². The van der Waals surface area contributed by atoms with Gasteiger partial charge >= 0.3 is 0 Å². The monoisotopic (exact) mass is 276 g/mol. The number of ketones is 1. The van der Waals surface area contributed by atoms with Crippen molar-refractivity contribution in [1.29, 1.82) is 0 Å². The Hall–Kier alpha value is -1.09. The smallest absolute Gasteiger partial charge is 0.178 e. The number of aromatic nitrogens is 1. The number of rotatable bonds is 4. The normalized spacial score (nSPS) is 21.1. The van der Waals surface area contributed by atoms with Gasteiger partial charge in [-0.25, -0.2) is 0 Å². The van der Waals surface area contributed by atoms with Gasteiger partial charge in [-0.05, 0) is 64.1 Å². The van der Waals surface area contributed by atoms with E-state index in [9.17, 15) is 4.79 Å². The topological polar surface area (TPSA) is 36.1 Å². The lowest BCUT2D eigenvalue weighted by atomic mass is 9.89. The van der Waals surface area contributed by atoms with E-state index in [1.807, 2.05) is 19.9 Å². The van der Waals surface area contributed by atoms with Crippen LogP contribution in [0.4, 0.5) is 0 Å². The second kappa shape index (κ2) is 6.57. The molecule has 1 unspecified atom stereocenters. The number of carbonyl (C=O) groups is 1. The minimum absolute atomic E-state index is 0.259. The van der Waals surface area contributed by atoms with Crippen LogP contribution in [0.2, 0.25) is 0 Å². The molecule has 0 aromatic carbocycles. The molecular formula is C17H28N2O. The lowest BCUT2D eigenvalue weighted by Gasteiger charge is -2.20. The van der Waals surface area contributed by atoms with Gasteiger partial charge in [-0.3, -0.25) is 9.69 Å². The summed E-state index contributed by atoms with van der Waals surface area (Å²) in [6.45, 7) is 11.3. The number of aromatic amines is 1. The maximum atomic E-state index is 12.4. The molecule has 20 heavy (non-hydrogen) atoms. The number of hydrogen-bond acceptors (Lipinski definition) is 2. The SMILES string of the molecule is Cc1cc(C(=O)CN2CCCC(C(C)C)CC2)c(C)[nH]1. The molecule has 1 fully saturated rings. The lowest BCUT2D eigenvalue weighted by Crippen LogP contribution is -2.31. The zero-order valence-corrected chi connectivity index (χ0v) is 13.3. The average Bonchev–Trinajstić information content (AvgIpc) is 2.60. The van der Waals surface area contributed by atoms with Gasteiger partial charge in [0.05, 0.1) is 6.54 Å². The third-order valence-corrected chi connectivity index (χ3v) is 4.63. The molecule has 1 aliphatic rings. The minimum atomic E-state index is 0.259. The van der Waals surface area contributed by atoms with Gasteiger partial charge in [0.2, 0.25) is 0 Å². The van der Waals surface area contributed by atoms with Gasteiger partial charge in [-0.1, -0.05) is 13.8 Å². The summed E-state index contributed by atoms with van der Waals surface area (Å²) in [7, 11) is 0. The van der Waals surface area contributed by atoms with Crippen LogP contribution >= 0.6 is 0 Å². The number of likely N-dealkylation sites (tertiary alicyclic amines) is 1. The van der Waals surface area contributed by atoms with Crippen molar-refractivity contribution in [1.82, 2.24) is 9.88 Å². The summed E-state index contributed by atoms with van der Waals surface area (Å²) >= 11 is 0. The molecule has 3 heteroatoms. The van der Waals surface area contributed by atoms with Gasteiger partial charge in [0.25, 0.3) is 0 Å². The molecule has 0 saturated carbocycles. The zero-order valence-electron chi connectivity index (χ0n) is 13.3. The molecular weight excluding hydrogens is 248 g/mol. The van der Waals surface area contributed by atoms with Crippen LogP contribution in [-0.2, 0) is 0 Å². The molecule has 1 saturated heterocycles. The van der Waals surface area contributed by atoms with Crippen LogP contribution in [0.25, 0.3) is 0 Å². The van der Waals surface area contributed by atoms with Gasteiger partial charge in [0, 0.05) is 17.0 Å². The maximum Gasteiger partial charge on any atom is 0.178 e. The average molecular weight is 276 g/mol.